The minimum atomic E-state index is -0.496. The molecule has 2 heterocycles. The Morgan fingerprint density at radius 1 is 1.18 bits per heavy atom. The molecule has 0 spiro atoms. The van der Waals surface area contributed by atoms with Crippen LogP contribution in [-0.4, -0.2) is 84.7 Å². The van der Waals surface area contributed by atoms with Gasteiger partial charge in [-0.3, -0.25) is 14.4 Å². The van der Waals surface area contributed by atoms with Crippen LogP contribution in [0.4, 0.5) is 5.69 Å². The summed E-state index contributed by atoms with van der Waals surface area (Å²) in [6.07, 6.45) is 2.35. The molecule has 1 aromatic heterocycles. The summed E-state index contributed by atoms with van der Waals surface area (Å²) in [5.74, 6) is -1.05. The number of anilines is 1. The SMILES string of the molecule is CCO/N=C(\N[C@H]1CC[C@H](C(=O)N(C)C)C[C@H]1NC(=O)c1nc2c(s1)CN(C)CC2)C(=O)Nc1ccc(Cl)cc1. The zero-order valence-electron chi connectivity index (χ0n) is 23.2. The molecule has 3 amide bonds. The zero-order chi connectivity index (χ0) is 28.8. The fourth-order valence-electron chi connectivity index (χ4n) is 4.90. The van der Waals surface area contributed by atoms with Gasteiger partial charge in [-0.05, 0) is 57.5 Å². The molecule has 1 aromatic carbocycles. The number of rotatable bonds is 7. The van der Waals surface area contributed by atoms with Crippen LogP contribution in [0.25, 0.3) is 0 Å². The molecule has 0 unspecified atom stereocenters. The molecule has 4 rings (SSSR count). The van der Waals surface area contributed by atoms with Crippen molar-refractivity contribution in [2.45, 2.75) is 51.2 Å². The van der Waals surface area contributed by atoms with Gasteiger partial charge < -0.3 is 30.6 Å². The molecular formula is C27H36ClN7O4S. The predicted molar refractivity (Wildman–Crippen MR) is 156 cm³/mol. The van der Waals surface area contributed by atoms with Crippen LogP contribution in [0.2, 0.25) is 5.02 Å². The van der Waals surface area contributed by atoms with E-state index in [2.05, 4.69) is 31.0 Å². The monoisotopic (exact) mass is 589 g/mol. The van der Waals surface area contributed by atoms with Crippen molar-refractivity contribution in [3.8, 4) is 0 Å². The second-order valence-electron chi connectivity index (χ2n) is 10.3. The fourth-order valence-corrected chi connectivity index (χ4v) is 6.12. The topological polar surface area (TPSA) is 128 Å². The third kappa shape index (κ3) is 7.49. The maximum Gasteiger partial charge on any atom is 0.294 e. The molecule has 1 fully saturated rings. The van der Waals surface area contributed by atoms with Crippen molar-refractivity contribution >= 4 is 52.2 Å². The second kappa shape index (κ2) is 13.4. The van der Waals surface area contributed by atoms with E-state index >= 15 is 0 Å². The average molecular weight is 590 g/mol. The lowest BCUT2D eigenvalue weighted by atomic mass is 9.81. The molecule has 2 aliphatic rings. The van der Waals surface area contributed by atoms with Gasteiger partial charge in [0.05, 0.1) is 11.7 Å². The van der Waals surface area contributed by atoms with Gasteiger partial charge in [0.15, 0.2) is 5.01 Å². The highest BCUT2D eigenvalue weighted by Gasteiger charge is 2.37. The molecule has 3 atom stereocenters. The normalized spacial score (nSPS) is 21.2. The van der Waals surface area contributed by atoms with E-state index in [4.69, 9.17) is 16.4 Å². The first-order valence-corrected chi connectivity index (χ1v) is 14.6. The van der Waals surface area contributed by atoms with Crippen molar-refractivity contribution in [3.63, 3.8) is 0 Å². The predicted octanol–water partition coefficient (Wildman–Crippen LogP) is 2.72. The molecule has 11 nitrogen and oxygen atoms in total. The third-order valence-corrected chi connectivity index (χ3v) is 8.33. The van der Waals surface area contributed by atoms with E-state index in [1.807, 2.05) is 7.05 Å². The van der Waals surface area contributed by atoms with Crippen LogP contribution in [0.15, 0.2) is 29.4 Å². The molecule has 40 heavy (non-hydrogen) atoms. The van der Waals surface area contributed by atoms with Crippen molar-refractivity contribution in [2.75, 3.05) is 39.6 Å². The van der Waals surface area contributed by atoms with Gasteiger partial charge in [-0.25, -0.2) is 4.98 Å². The van der Waals surface area contributed by atoms with Crippen molar-refractivity contribution in [3.05, 3.63) is 44.9 Å². The summed E-state index contributed by atoms with van der Waals surface area (Å²) >= 11 is 7.37. The maximum atomic E-state index is 13.4. The first-order valence-electron chi connectivity index (χ1n) is 13.4. The summed E-state index contributed by atoms with van der Waals surface area (Å²) in [4.78, 5) is 54.1. The van der Waals surface area contributed by atoms with Crippen LogP contribution in [0, 0.1) is 5.92 Å². The standard InChI is InChI=1S/C27H36ClN7O4S/c1-5-39-33-23(24(36)29-18-9-7-17(28)8-10-18)30-19-11-6-16(27(38)34(2)3)14-21(19)31-25(37)26-32-20-12-13-35(4)15-22(20)40-26/h7-10,16,19,21H,5-6,11-15H2,1-4H3,(H,29,36)(H,30,33)(H,31,37)/t16-,19-,21+/m0/s1. The molecule has 0 saturated heterocycles. The number of nitrogens with zero attached hydrogens (tertiary/aromatic N) is 4. The van der Waals surface area contributed by atoms with Gasteiger partial charge >= 0.3 is 0 Å². The maximum absolute atomic E-state index is 13.4. The molecule has 1 saturated carbocycles. The number of hydrogen-bond acceptors (Lipinski definition) is 8. The first kappa shape index (κ1) is 29.8. The summed E-state index contributed by atoms with van der Waals surface area (Å²) in [7, 11) is 5.50. The Morgan fingerprint density at radius 2 is 1.93 bits per heavy atom. The largest absolute Gasteiger partial charge is 0.394 e. The minimum Gasteiger partial charge on any atom is -0.394 e. The van der Waals surface area contributed by atoms with Crippen LogP contribution in [0.5, 0.6) is 0 Å². The van der Waals surface area contributed by atoms with E-state index in [1.54, 1.807) is 50.2 Å². The van der Waals surface area contributed by atoms with Crippen LogP contribution in [0.3, 0.4) is 0 Å². The molecular weight excluding hydrogens is 554 g/mol. The number of hydrogen-bond donors (Lipinski definition) is 3. The van der Waals surface area contributed by atoms with Gasteiger partial charge in [0.2, 0.25) is 11.7 Å². The number of fused-ring (bicyclic) bond motifs is 1. The number of aromatic nitrogens is 1. The Bertz CT molecular complexity index is 1250. The molecule has 216 valence electrons. The molecule has 0 bridgehead atoms. The van der Waals surface area contributed by atoms with Gasteiger partial charge in [-0.2, -0.15) is 0 Å². The molecule has 1 aliphatic carbocycles. The number of amides is 3. The van der Waals surface area contributed by atoms with Gasteiger partial charge in [0.25, 0.3) is 11.8 Å². The highest BCUT2D eigenvalue weighted by Crippen LogP contribution is 2.28. The molecule has 2 aromatic rings. The van der Waals surface area contributed by atoms with E-state index in [9.17, 15) is 14.4 Å². The number of halogens is 1. The van der Waals surface area contributed by atoms with E-state index < -0.39 is 11.9 Å². The second-order valence-corrected chi connectivity index (χ2v) is 11.8. The number of nitrogens with one attached hydrogen (secondary N) is 3. The van der Waals surface area contributed by atoms with E-state index in [0.717, 1.165) is 30.1 Å². The lowest BCUT2D eigenvalue weighted by molar-refractivity contribution is -0.134. The minimum absolute atomic E-state index is 0.00846. The Hall–Kier alpha value is -3.22. The number of amidine groups is 1. The third-order valence-electron chi connectivity index (χ3n) is 7.00. The highest BCUT2D eigenvalue weighted by atomic mass is 35.5. The Morgan fingerprint density at radius 3 is 2.62 bits per heavy atom. The molecule has 1 aliphatic heterocycles. The number of oxime groups is 1. The fraction of sp³-hybridized carbons (Fsp3) is 0.519. The number of thiazole rings is 1. The van der Waals surface area contributed by atoms with Crippen molar-refractivity contribution in [1.29, 1.82) is 0 Å². The van der Waals surface area contributed by atoms with Gasteiger partial charge in [0, 0.05) is 61.2 Å². The number of likely N-dealkylation sites (N-methyl/N-ethyl adjacent to an activating group) is 1. The van der Waals surface area contributed by atoms with E-state index in [-0.39, 0.29) is 36.2 Å². The summed E-state index contributed by atoms with van der Waals surface area (Å²) < 4.78 is 0. The van der Waals surface area contributed by atoms with E-state index in [0.29, 0.717) is 35.0 Å². The summed E-state index contributed by atoms with van der Waals surface area (Å²) in [6.45, 7) is 3.71. The Balaban J connectivity index is 1.52. The van der Waals surface area contributed by atoms with Gasteiger partial charge in [-0.1, -0.05) is 16.8 Å². The van der Waals surface area contributed by atoms with Crippen LogP contribution >= 0.6 is 22.9 Å². The van der Waals surface area contributed by atoms with Crippen molar-refractivity contribution in [1.82, 2.24) is 25.4 Å². The average Bonchev–Trinajstić information content (AvgIpc) is 3.36. The quantitative estimate of drug-likeness (QED) is 0.257. The number of carbonyl (C=O) groups excluding carboxylic acids is 3. The van der Waals surface area contributed by atoms with Gasteiger partial charge in [0.1, 0.15) is 6.61 Å². The summed E-state index contributed by atoms with van der Waals surface area (Å²) in [6, 6.07) is 5.90. The highest BCUT2D eigenvalue weighted by molar-refractivity contribution is 7.13. The molecule has 3 N–H and O–H groups in total. The summed E-state index contributed by atoms with van der Waals surface area (Å²) in [5.41, 5.74) is 1.51. The van der Waals surface area contributed by atoms with Crippen LogP contribution in [0.1, 0.15) is 46.6 Å². The zero-order valence-corrected chi connectivity index (χ0v) is 24.8. The van der Waals surface area contributed by atoms with Crippen LogP contribution < -0.4 is 16.0 Å². The smallest absolute Gasteiger partial charge is 0.294 e. The summed E-state index contributed by atoms with van der Waals surface area (Å²) in [5, 5.41) is 14.1. The van der Waals surface area contributed by atoms with Crippen LogP contribution in [-0.2, 0) is 27.4 Å². The Kier molecular flexibility index (Phi) is 9.99. The molecule has 13 heteroatoms. The number of benzene rings is 1. The lowest BCUT2D eigenvalue weighted by Crippen LogP contribution is -2.57. The van der Waals surface area contributed by atoms with Crippen molar-refractivity contribution < 1.29 is 19.2 Å². The van der Waals surface area contributed by atoms with Gasteiger partial charge in [-0.15, -0.1) is 11.3 Å². The Labute approximate surface area is 243 Å². The van der Waals surface area contributed by atoms with E-state index in [1.165, 1.54) is 11.3 Å². The molecule has 0 radical (unpaired) electrons. The van der Waals surface area contributed by atoms with Crippen molar-refractivity contribution in [2.24, 2.45) is 11.1 Å². The number of carbonyl (C=O) groups is 3. The lowest BCUT2D eigenvalue weighted by Gasteiger charge is -2.37. The first-order chi connectivity index (χ1) is 19.1.